The van der Waals surface area contributed by atoms with Crippen LogP contribution in [-0.2, 0) is 9.53 Å². The number of benzene rings is 1. The number of hydrogen-bond donors (Lipinski definition) is 2. The van der Waals surface area contributed by atoms with Crippen molar-refractivity contribution in [2.24, 2.45) is 5.92 Å². The van der Waals surface area contributed by atoms with Crippen LogP contribution in [-0.4, -0.2) is 47.8 Å². The van der Waals surface area contributed by atoms with E-state index in [1.807, 2.05) is 4.90 Å². The number of rotatable bonds is 5. The predicted octanol–water partition coefficient (Wildman–Crippen LogP) is 1.86. The van der Waals surface area contributed by atoms with Crippen LogP contribution in [0.5, 0.6) is 0 Å². The molecule has 23 heavy (non-hydrogen) atoms. The van der Waals surface area contributed by atoms with Crippen molar-refractivity contribution < 1.29 is 29.3 Å². The minimum Gasteiger partial charge on any atom is -0.478 e. The van der Waals surface area contributed by atoms with E-state index in [-0.39, 0.29) is 23.0 Å². The van der Waals surface area contributed by atoms with Crippen molar-refractivity contribution >= 4 is 23.6 Å². The van der Waals surface area contributed by atoms with Gasteiger partial charge in [0, 0.05) is 13.1 Å². The largest absolute Gasteiger partial charge is 0.478 e. The molecule has 0 bridgehead atoms. The standard InChI is InChI=1S/C16H19NO6/c1-2-23-16(22)10-6-8-17(9-7-10)12-5-3-4-11(14(18)19)13(12)15(20)21/h3-5,10H,2,6-9H2,1H3,(H,18,19)(H,20,21). The lowest BCUT2D eigenvalue weighted by atomic mass is 9.95. The molecule has 0 aliphatic carbocycles. The van der Waals surface area contributed by atoms with E-state index >= 15 is 0 Å². The molecule has 124 valence electrons. The van der Waals surface area contributed by atoms with Crippen molar-refractivity contribution in [3.63, 3.8) is 0 Å². The first-order valence-corrected chi connectivity index (χ1v) is 7.46. The van der Waals surface area contributed by atoms with Gasteiger partial charge in [0.1, 0.15) is 0 Å². The van der Waals surface area contributed by atoms with Gasteiger partial charge in [-0.05, 0) is 31.9 Å². The van der Waals surface area contributed by atoms with Gasteiger partial charge in [-0.3, -0.25) is 4.79 Å². The monoisotopic (exact) mass is 321 g/mol. The molecule has 2 N–H and O–H groups in total. The van der Waals surface area contributed by atoms with Crippen molar-refractivity contribution in [1.29, 1.82) is 0 Å². The SMILES string of the molecule is CCOC(=O)C1CCN(c2cccc(C(=O)O)c2C(=O)O)CC1. The van der Waals surface area contributed by atoms with Crippen molar-refractivity contribution in [3.05, 3.63) is 29.3 Å². The number of ether oxygens (including phenoxy) is 1. The second kappa shape index (κ2) is 7.13. The van der Waals surface area contributed by atoms with E-state index in [0.29, 0.717) is 38.2 Å². The molecule has 2 rings (SSSR count). The summed E-state index contributed by atoms with van der Waals surface area (Å²) in [6.45, 7) is 3.05. The van der Waals surface area contributed by atoms with E-state index in [2.05, 4.69) is 0 Å². The molecule has 0 unspecified atom stereocenters. The van der Waals surface area contributed by atoms with Crippen LogP contribution in [0.15, 0.2) is 18.2 Å². The van der Waals surface area contributed by atoms with Crippen LogP contribution in [0.4, 0.5) is 5.69 Å². The third kappa shape index (κ3) is 3.61. The molecule has 1 aromatic carbocycles. The number of piperidine rings is 1. The average Bonchev–Trinajstić information content (AvgIpc) is 2.54. The quantitative estimate of drug-likeness (QED) is 0.798. The summed E-state index contributed by atoms with van der Waals surface area (Å²) in [5.74, 6) is -2.97. The molecule has 1 saturated heterocycles. The van der Waals surface area contributed by atoms with E-state index in [9.17, 15) is 19.5 Å². The smallest absolute Gasteiger partial charge is 0.338 e. The first-order valence-electron chi connectivity index (χ1n) is 7.46. The Morgan fingerprint density at radius 1 is 1.17 bits per heavy atom. The summed E-state index contributed by atoms with van der Waals surface area (Å²) in [5.41, 5.74) is -0.0724. The lowest BCUT2D eigenvalue weighted by Crippen LogP contribution is -2.38. The molecule has 1 aliphatic heterocycles. The summed E-state index contributed by atoms with van der Waals surface area (Å²) in [7, 11) is 0. The number of carbonyl (C=O) groups excluding carboxylic acids is 1. The number of carboxylic acid groups (broad SMARTS) is 2. The first-order chi connectivity index (χ1) is 11.0. The molecule has 7 nitrogen and oxygen atoms in total. The highest BCUT2D eigenvalue weighted by Gasteiger charge is 2.29. The summed E-state index contributed by atoms with van der Waals surface area (Å²) < 4.78 is 5.01. The highest BCUT2D eigenvalue weighted by Crippen LogP contribution is 2.29. The van der Waals surface area contributed by atoms with E-state index in [4.69, 9.17) is 9.84 Å². The number of carbonyl (C=O) groups is 3. The highest BCUT2D eigenvalue weighted by atomic mass is 16.5. The van der Waals surface area contributed by atoms with Gasteiger partial charge in [0.15, 0.2) is 0 Å². The molecule has 1 heterocycles. The van der Waals surface area contributed by atoms with Crippen molar-refractivity contribution in [2.75, 3.05) is 24.6 Å². The molecule has 7 heteroatoms. The number of carboxylic acids is 2. The van der Waals surface area contributed by atoms with Gasteiger partial charge in [-0.2, -0.15) is 0 Å². The number of anilines is 1. The van der Waals surface area contributed by atoms with Gasteiger partial charge in [0.25, 0.3) is 0 Å². The zero-order valence-electron chi connectivity index (χ0n) is 12.8. The normalized spacial score (nSPS) is 15.3. The van der Waals surface area contributed by atoms with E-state index in [1.165, 1.54) is 12.1 Å². The van der Waals surface area contributed by atoms with Crippen LogP contribution in [0.1, 0.15) is 40.5 Å². The molecule has 1 fully saturated rings. The van der Waals surface area contributed by atoms with Gasteiger partial charge in [-0.15, -0.1) is 0 Å². The van der Waals surface area contributed by atoms with Gasteiger partial charge < -0.3 is 19.8 Å². The van der Waals surface area contributed by atoms with Crippen molar-refractivity contribution in [3.8, 4) is 0 Å². The number of nitrogens with zero attached hydrogens (tertiary/aromatic N) is 1. The van der Waals surface area contributed by atoms with Crippen LogP contribution in [0.3, 0.4) is 0 Å². The average molecular weight is 321 g/mol. The summed E-state index contributed by atoms with van der Waals surface area (Å²) in [5, 5.41) is 18.5. The molecule has 1 aliphatic rings. The molecule has 0 amide bonds. The zero-order valence-corrected chi connectivity index (χ0v) is 12.8. The number of esters is 1. The number of hydrogen-bond acceptors (Lipinski definition) is 5. The van der Waals surface area contributed by atoms with E-state index < -0.39 is 11.9 Å². The topological polar surface area (TPSA) is 104 Å². The fourth-order valence-corrected chi connectivity index (χ4v) is 2.82. The Kier molecular flexibility index (Phi) is 5.20. The van der Waals surface area contributed by atoms with Crippen LogP contribution in [0.25, 0.3) is 0 Å². The molecule has 0 radical (unpaired) electrons. The van der Waals surface area contributed by atoms with Crippen LogP contribution < -0.4 is 4.90 Å². The lowest BCUT2D eigenvalue weighted by molar-refractivity contribution is -0.148. The zero-order chi connectivity index (χ0) is 17.0. The maximum atomic E-state index is 11.7. The first kappa shape index (κ1) is 16.8. The Labute approximate surface area is 133 Å². The maximum absolute atomic E-state index is 11.7. The molecule has 0 spiro atoms. The van der Waals surface area contributed by atoms with Gasteiger partial charge in [-0.1, -0.05) is 6.07 Å². The van der Waals surface area contributed by atoms with Crippen LogP contribution in [0.2, 0.25) is 0 Å². The minimum absolute atomic E-state index is 0.192. The minimum atomic E-state index is -1.27. The van der Waals surface area contributed by atoms with Crippen LogP contribution in [0, 0.1) is 5.92 Å². The van der Waals surface area contributed by atoms with Gasteiger partial charge >= 0.3 is 17.9 Å². The fraction of sp³-hybridized carbons (Fsp3) is 0.438. The van der Waals surface area contributed by atoms with Gasteiger partial charge in [0.05, 0.1) is 29.3 Å². The molecule has 0 saturated carbocycles. The summed E-state index contributed by atoms with van der Waals surface area (Å²) in [6, 6.07) is 4.41. The second-order valence-corrected chi connectivity index (χ2v) is 5.32. The molecular formula is C16H19NO6. The second-order valence-electron chi connectivity index (χ2n) is 5.32. The van der Waals surface area contributed by atoms with Gasteiger partial charge in [-0.25, -0.2) is 9.59 Å². The lowest BCUT2D eigenvalue weighted by Gasteiger charge is -2.33. The highest BCUT2D eigenvalue weighted by molar-refractivity contribution is 6.06. The molecule has 0 aromatic heterocycles. The Morgan fingerprint density at radius 3 is 2.35 bits per heavy atom. The van der Waals surface area contributed by atoms with E-state index in [0.717, 1.165) is 0 Å². The third-order valence-corrected chi connectivity index (χ3v) is 3.94. The maximum Gasteiger partial charge on any atom is 0.338 e. The summed E-state index contributed by atoms with van der Waals surface area (Å²) >= 11 is 0. The Hall–Kier alpha value is -2.57. The Balaban J connectivity index is 2.21. The van der Waals surface area contributed by atoms with Crippen molar-refractivity contribution in [2.45, 2.75) is 19.8 Å². The third-order valence-electron chi connectivity index (χ3n) is 3.94. The fourth-order valence-electron chi connectivity index (χ4n) is 2.82. The van der Waals surface area contributed by atoms with Crippen molar-refractivity contribution in [1.82, 2.24) is 0 Å². The predicted molar refractivity (Wildman–Crippen MR) is 81.9 cm³/mol. The van der Waals surface area contributed by atoms with E-state index in [1.54, 1.807) is 13.0 Å². The van der Waals surface area contributed by atoms with Gasteiger partial charge in [0.2, 0.25) is 0 Å². The summed E-state index contributed by atoms with van der Waals surface area (Å²) in [4.78, 5) is 36.3. The molecule has 1 aromatic rings. The molecular weight excluding hydrogens is 302 g/mol. The Morgan fingerprint density at radius 2 is 1.83 bits per heavy atom. The molecule has 0 atom stereocenters. The Bertz CT molecular complexity index is 619. The van der Waals surface area contributed by atoms with Crippen LogP contribution >= 0.6 is 0 Å². The number of aromatic carboxylic acids is 2. The summed E-state index contributed by atoms with van der Waals surface area (Å²) in [6.07, 6.45) is 1.10.